The van der Waals surface area contributed by atoms with Gasteiger partial charge in [-0.1, -0.05) is 0 Å². The number of benzene rings is 1. The van der Waals surface area contributed by atoms with Gasteiger partial charge in [0.25, 0.3) is 10.0 Å². The number of hydrogen-bond donors (Lipinski definition) is 1. The van der Waals surface area contributed by atoms with Crippen molar-refractivity contribution in [2.24, 2.45) is 7.05 Å². The third-order valence-corrected chi connectivity index (χ3v) is 8.39. The molecule has 2 aromatic heterocycles. The molecule has 3 heterocycles. The summed E-state index contributed by atoms with van der Waals surface area (Å²) in [5, 5.41) is 2.84. The molecule has 7 nitrogen and oxygen atoms in total. The largest absolute Gasteiger partial charge is 0.320 e. The van der Waals surface area contributed by atoms with Crippen LogP contribution < -0.4 is 5.32 Å². The number of aromatic nitrogens is 2. The lowest BCUT2D eigenvalue weighted by Gasteiger charge is -2.13. The van der Waals surface area contributed by atoms with E-state index in [-0.39, 0.29) is 22.4 Å². The lowest BCUT2D eigenvalue weighted by Crippen LogP contribution is -2.27. The van der Waals surface area contributed by atoms with Crippen LogP contribution in [0.5, 0.6) is 0 Å². The van der Waals surface area contributed by atoms with Crippen LogP contribution in [-0.2, 0) is 28.3 Å². The number of rotatable bonds is 6. The molecule has 3 aromatic rings. The molecule has 0 unspecified atom stereocenters. The van der Waals surface area contributed by atoms with Crippen molar-refractivity contribution in [1.82, 2.24) is 13.9 Å². The van der Waals surface area contributed by atoms with Crippen molar-refractivity contribution in [2.45, 2.75) is 23.5 Å². The number of amides is 1. The fourth-order valence-electron chi connectivity index (χ4n) is 3.38. The molecule has 1 saturated heterocycles. The van der Waals surface area contributed by atoms with Crippen molar-refractivity contribution in [3.63, 3.8) is 0 Å². The average Bonchev–Trinajstić information content (AvgIpc) is 3.46. The SMILES string of the molecule is Cn1cnc(-c2ccc(F)cc2)c1NC(=O)Cc1ccc(S(=O)(=O)N2CCCC2)s1. The summed E-state index contributed by atoms with van der Waals surface area (Å²) >= 11 is 1.12. The highest BCUT2D eigenvalue weighted by Gasteiger charge is 2.28. The van der Waals surface area contributed by atoms with Crippen molar-refractivity contribution >= 4 is 33.1 Å². The predicted octanol–water partition coefficient (Wildman–Crippen LogP) is 3.25. The molecule has 1 aliphatic heterocycles. The van der Waals surface area contributed by atoms with Crippen molar-refractivity contribution in [3.05, 3.63) is 53.4 Å². The number of imidazole rings is 1. The Kier molecular flexibility index (Phi) is 5.72. The summed E-state index contributed by atoms with van der Waals surface area (Å²) in [6.45, 7) is 1.09. The zero-order valence-corrected chi connectivity index (χ0v) is 18.0. The van der Waals surface area contributed by atoms with Gasteiger partial charge in [0.2, 0.25) is 5.91 Å². The lowest BCUT2D eigenvalue weighted by molar-refractivity contribution is -0.115. The van der Waals surface area contributed by atoms with Crippen molar-refractivity contribution in [2.75, 3.05) is 18.4 Å². The molecule has 1 amide bonds. The zero-order valence-electron chi connectivity index (χ0n) is 16.3. The Balaban J connectivity index is 1.48. The summed E-state index contributed by atoms with van der Waals surface area (Å²) in [5.74, 6) is -0.139. The van der Waals surface area contributed by atoms with Gasteiger partial charge in [-0.2, -0.15) is 4.31 Å². The summed E-state index contributed by atoms with van der Waals surface area (Å²) in [4.78, 5) is 17.6. The van der Waals surface area contributed by atoms with E-state index >= 15 is 0 Å². The van der Waals surface area contributed by atoms with Crippen LogP contribution in [0, 0.1) is 5.82 Å². The molecule has 30 heavy (non-hydrogen) atoms. The van der Waals surface area contributed by atoms with Gasteiger partial charge in [0, 0.05) is 30.6 Å². The molecule has 1 aromatic carbocycles. The Bertz CT molecular complexity index is 1160. The standard InChI is InChI=1S/C20H21FN4O3S2/c1-24-13-22-19(14-4-6-15(21)7-5-14)20(24)23-17(26)12-16-8-9-18(29-16)30(27,28)25-10-2-3-11-25/h4-9,13H,2-3,10-12H2,1H3,(H,23,26). The van der Waals surface area contributed by atoms with Gasteiger partial charge in [0.05, 0.1) is 12.7 Å². The van der Waals surface area contributed by atoms with Gasteiger partial charge in [-0.3, -0.25) is 4.79 Å². The maximum absolute atomic E-state index is 13.2. The van der Waals surface area contributed by atoms with Gasteiger partial charge >= 0.3 is 0 Å². The maximum atomic E-state index is 13.2. The quantitative estimate of drug-likeness (QED) is 0.627. The molecule has 0 aliphatic carbocycles. The summed E-state index contributed by atoms with van der Waals surface area (Å²) in [6.07, 6.45) is 3.37. The molecule has 0 atom stereocenters. The van der Waals surface area contributed by atoms with Gasteiger partial charge in [-0.15, -0.1) is 11.3 Å². The Morgan fingerprint density at radius 1 is 1.17 bits per heavy atom. The van der Waals surface area contributed by atoms with Crippen LogP contribution >= 0.6 is 11.3 Å². The first-order valence-electron chi connectivity index (χ1n) is 9.50. The molecule has 1 aliphatic rings. The molecule has 1 N–H and O–H groups in total. The van der Waals surface area contributed by atoms with Crippen LogP contribution in [0.2, 0.25) is 0 Å². The molecule has 0 spiro atoms. The fourth-order valence-corrected chi connectivity index (χ4v) is 6.40. The topological polar surface area (TPSA) is 84.3 Å². The third-order valence-electron chi connectivity index (χ3n) is 4.94. The van der Waals surface area contributed by atoms with Crippen molar-refractivity contribution < 1.29 is 17.6 Å². The van der Waals surface area contributed by atoms with E-state index < -0.39 is 10.0 Å². The predicted molar refractivity (Wildman–Crippen MR) is 113 cm³/mol. The van der Waals surface area contributed by atoms with Gasteiger partial charge in [-0.05, 0) is 49.2 Å². The molecular formula is C20H21FN4O3S2. The Labute approximate surface area is 178 Å². The monoisotopic (exact) mass is 448 g/mol. The molecule has 10 heteroatoms. The number of halogens is 1. The summed E-state index contributed by atoms with van der Waals surface area (Å²) in [6, 6.07) is 9.11. The van der Waals surface area contributed by atoms with Crippen LogP contribution in [0.15, 0.2) is 46.9 Å². The van der Waals surface area contributed by atoms with Crippen LogP contribution in [0.1, 0.15) is 17.7 Å². The Morgan fingerprint density at radius 2 is 1.87 bits per heavy atom. The number of nitrogens with one attached hydrogen (secondary N) is 1. The Morgan fingerprint density at radius 3 is 2.57 bits per heavy atom. The average molecular weight is 449 g/mol. The molecule has 0 radical (unpaired) electrons. The number of carbonyl (C=O) groups is 1. The maximum Gasteiger partial charge on any atom is 0.252 e. The minimum absolute atomic E-state index is 0.0498. The molecule has 1 fully saturated rings. The first-order chi connectivity index (χ1) is 14.3. The van der Waals surface area contributed by atoms with E-state index in [0.29, 0.717) is 35.0 Å². The van der Waals surface area contributed by atoms with Crippen LogP contribution in [0.25, 0.3) is 11.3 Å². The molecular weight excluding hydrogens is 427 g/mol. The van der Waals surface area contributed by atoms with Crippen LogP contribution in [0.3, 0.4) is 0 Å². The van der Waals surface area contributed by atoms with Gasteiger partial charge < -0.3 is 9.88 Å². The molecule has 158 valence electrons. The number of nitrogens with zero attached hydrogens (tertiary/aromatic N) is 3. The zero-order chi connectivity index (χ0) is 21.3. The van der Waals surface area contributed by atoms with Crippen LogP contribution in [-0.4, -0.2) is 41.3 Å². The highest BCUT2D eigenvalue weighted by atomic mass is 32.2. The van der Waals surface area contributed by atoms with Gasteiger partial charge in [0.15, 0.2) is 0 Å². The molecule has 0 saturated carbocycles. The number of aryl methyl sites for hydroxylation is 1. The highest BCUT2D eigenvalue weighted by Crippen LogP contribution is 2.29. The number of anilines is 1. The Hall–Kier alpha value is -2.56. The first kappa shape index (κ1) is 20.7. The molecule has 4 rings (SSSR count). The lowest BCUT2D eigenvalue weighted by atomic mass is 10.1. The van der Waals surface area contributed by atoms with E-state index in [0.717, 1.165) is 24.2 Å². The second-order valence-electron chi connectivity index (χ2n) is 7.12. The first-order valence-corrected chi connectivity index (χ1v) is 11.8. The smallest absolute Gasteiger partial charge is 0.252 e. The number of hydrogen-bond acceptors (Lipinski definition) is 5. The minimum Gasteiger partial charge on any atom is -0.320 e. The number of thiophene rings is 1. The normalized spacial score (nSPS) is 14.9. The fraction of sp³-hybridized carbons (Fsp3) is 0.300. The highest BCUT2D eigenvalue weighted by molar-refractivity contribution is 7.91. The van der Waals surface area contributed by atoms with Crippen molar-refractivity contribution in [1.29, 1.82) is 0 Å². The minimum atomic E-state index is -3.48. The van der Waals surface area contributed by atoms with Gasteiger partial charge in [0.1, 0.15) is 21.5 Å². The van der Waals surface area contributed by atoms with Crippen molar-refractivity contribution in [3.8, 4) is 11.3 Å². The summed E-state index contributed by atoms with van der Waals surface area (Å²) < 4.78 is 42.0. The van der Waals surface area contributed by atoms with E-state index in [1.54, 1.807) is 42.2 Å². The molecule has 0 bridgehead atoms. The van der Waals surface area contributed by atoms with E-state index in [1.165, 1.54) is 16.4 Å². The summed E-state index contributed by atoms with van der Waals surface area (Å²) in [5.41, 5.74) is 1.22. The van der Waals surface area contributed by atoms with E-state index in [1.807, 2.05) is 0 Å². The van der Waals surface area contributed by atoms with E-state index in [4.69, 9.17) is 0 Å². The van der Waals surface area contributed by atoms with E-state index in [9.17, 15) is 17.6 Å². The third kappa shape index (κ3) is 4.16. The van der Waals surface area contributed by atoms with E-state index in [2.05, 4.69) is 10.3 Å². The second kappa shape index (κ2) is 8.29. The number of sulfonamides is 1. The second-order valence-corrected chi connectivity index (χ2v) is 10.4. The van der Waals surface area contributed by atoms with Gasteiger partial charge in [-0.25, -0.2) is 17.8 Å². The summed E-state index contributed by atoms with van der Waals surface area (Å²) in [7, 11) is -1.73. The number of carbonyl (C=O) groups excluding carboxylic acids is 1. The van der Waals surface area contributed by atoms with Crippen LogP contribution in [0.4, 0.5) is 10.2 Å².